The Balaban J connectivity index is 0.000000150. The topological polar surface area (TPSA) is 133 Å². The number of rotatable bonds is 7. The minimum atomic E-state index is -0.309. The van der Waals surface area contributed by atoms with Crippen LogP contribution in [0.5, 0.6) is 0 Å². The number of anilines is 4. The lowest BCUT2D eigenvalue weighted by atomic mass is 10.1. The predicted octanol–water partition coefficient (Wildman–Crippen LogP) is 9.33. The van der Waals surface area contributed by atoms with Gasteiger partial charge in [-0.05, 0) is 77.9 Å². The molecule has 9 aromatic rings. The van der Waals surface area contributed by atoms with Crippen LogP contribution < -0.4 is 10.6 Å². The van der Waals surface area contributed by atoms with E-state index in [2.05, 4.69) is 74.8 Å². The number of hydrogen-bond acceptors (Lipinski definition) is 8. The Hall–Kier alpha value is -7.27. The fourth-order valence-corrected chi connectivity index (χ4v) is 5.58. The van der Waals surface area contributed by atoms with Crippen LogP contribution in [0.2, 0.25) is 0 Å². The Morgan fingerprint density at radius 1 is 0.451 bits per heavy atom. The van der Waals surface area contributed by atoms with Gasteiger partial charge in [0, 0.05) is 34.9 Å². The van der Waals surface area contributed by atoms with Gasteiger partial charge in [0.05, 0.1) is 46.1 Å². The highest BCUT2D eigenvalue weighted by atomic mass is 19.1. The SMILES string of the molecule is Fc1cccc(Nc2nccc(-c3ccc4nc[nH]c4c3)n2)c1.c1ccc(-c2cccc(Nc3nccc(-c4ccc5nc[nH]c5c4)n3)c2)cc1. The van der Waals surface area contributed by atoms with Crippen molar-refractivity contribution in [1.29, 1.82) is 0 Å². The summed E-state index contributed by atoms with van der Waals surface area (Å²) in [5.41, 5.74) is 11.2. The largest absolute Gasteiger partial charge is 0.345 e. The molecule has 4 aromatic heterocycles. The van der Waals surface area contributed by atoms with Crippen molar-refractivity contribution < 1.29 is 4.39 Å². The molecule has 0 amide bonds. The quantitative estimate of drug-likeness (QED) is 0.132. The molecule has 246 valence electrons. The van der Waals surface area contributed by atoms with E-state index in [4.69, 9.17) is 0 Å². The number of nitrogens with zero attached hydrogens (tertiary/aromatic N) is 6. The van der Waals surface area contributed by atoms with Crippen molar-refractivity contribution in [1.82, 2.24) is 39.9 Å². The molecular formula is C40H29FN10. The van der Waals surface area contributed by atoms with Gasteiger partial charge in [-0.3, -0.25) is 0 Å². The Bertz CT molecular complexity index is 2580. The van der Waals surface area contributed by atoms with Crippen molar-refractivity contribution in [2.24, 2.45) is 0 Å². The van der Waals surface area contributed by atoms with Gasteiger partial charge in [0.2, 0.25) is 11.9 Å². The van der Waals surface area contributed by atoms with Crippen LogP contribution in [0.15, 0.2) is 152 Å². The lowest BCUT2D eigenvalue weighted by Crippen LogP contribution is -1.98. The molecule has 0 fully saturated rings. The molecule has 0 aliphatic carbocycles. The minimum Gasteiger partial charge on any atom is -0.345 e. The van der Waals surface area contributed by atoms with Gasteiger partial charge < -0.3 is 20.6 Å². The molecule has 0 radical (unpaired) electrons. The highest BCUT2D eigenvalue weighted by Gasteiger charge is 2.08. The number of aromatic amines is 2. The average Bonchev–Trinajstić information content (AvgIpc) is 3.85. The van der Waals surface area contributed by atoms with Crippen LogP contribution in [0.1, 0.15) is 0 Å². The molecule has 11 heteroatoms. The van der Waals surface area contributed by atoms with Gasteiger partial charge in [0.1, 0.15) is 5.82 Å². The Morgan fingerprint density at radius 3 is 1.59 bits per heavy atom. The van der Waals surface area contributed by atoms with Crippen molar-refractivity contribution in [2.75, 3.05) is 10.6 Å². The van der Waals surface area contributed by atoms with E-state index in [1.807, 2.05) is 78.9 Å². The van der Waals surface area contributed by atoms with Crippen LogP contribution in [-0.2, 0) is 0 Å². The molecule has 0 saturated carbocycles. The lowest BCUT2D eigenvalue weighted by Gasteiger charge is -2.09. The monoisotopic (exact) mass is 668 g/mol. The van der Waals surface area contributed by atoms with Crippen molar-refractivity contribution in [3.05, 3.63) is 158 Å². The first kappa shape index (κ1) is 31.0. The zero-order valence-electron chi connectivity index (χ0n) is 27.0. The Labute approximate surface area is 291 Å². The molecule has 4 heterocycles. The fourth-order valence-electron chi connectivity index (χ4n) is 5.58. The molecule has 4 N–H and O–H groups in total. The zero-order chi connectivity index (χ0) is 34.4. The van der Waals surface area contributed by atoms with E-state index in [9.17, 15) is 4.39 Å². The number of aromatic nitrogens is 8. The number of nitrogens with one attached hydrogen (secondary N) is 4. The molecule has 51 heavy (non-hydrogen) atoms. The molecule has 10 nitrogen and oxygen atoms in total. The third kappa shape index (κ3) is 7.27. The summed E-state index contributed by atoms with van der Waals surface area (Å²) in [6.07, 6.45) is 6.79. The van der Waals surface area contributed by atoms with Gasteiger partial charge in [-0.2, -0.15) is 0 Å². The van der Waals surface area contributed by atoms with Crippen molar-refractivity contribution in [3.8, 4) is 33.6 Å². The number of imidazole rings is 2. The molecule has 0 atom stereocenters. The fraction of sp³-hybridized carbons (Fsp3) is 0. The van der Waals surface area contributed by atoms with Crippen LogP contribution in [-0.4, -0.2) is 39.9 Å². The number of fused-ring (bicyclic) bond motifs is 2. The maximum Gasteiger partial charge on any atom is 0.227 e. The second-order valence-electron chi connectivity index (χ2n) is 11.5. The van der Waals surface area contributed by atoms with Crippen molar-refractivity contribution in [2.45, 2.75) is 0 Å². The molecule has 5 aromatic carbocycles. The minimum absolute atomic E-state index is 0.309. The number of halogens is 1. The third-order valence-electron chi connectivity index (χ3n) is 8.05. The lowest BCUT2D eigenvalue weighted by molar-refractivity contribution is 0.628. The van der Waals surface area contributed by atoms with Crippen LogP contribution >= 0.6 is 0 Å². The molecule has 0 unspecified atom stereocenters. The van der Waals surface area contributed by atoms with Crippen LogP contribution in [0.25, 0.3) is 55.7 Å². The standard InChI is InChI=1S/C23H17N5.C17H12FN5/c1-2-5-16(6-3-1)17-7-4-8-19(13-17)27-23-24-12-11-20(28-23)18-9-10-21-22(14-18)26-15-25-21;18-12-2-1-3-13(9-12)22-17-19-7-6-14(23-17)11-4-5-15-16(8-11)21-10-20-15/h1-15H,(H,25,26)(H,24,27,28);1-10H,(H,20,21)(H,19,22,23). The molecule has 9 rings (SSSR count). The van der Waals surface area contributed by atoms with Gasteiger partial charge in [-0.1, -0.05) is 60.7 Å². The Morgan fingerprint density at radius 2 is 1.00 bits per heavy atom. The average molecular weight is 669 g/mol. The van der Waals surface area contributed by atoms with E-state index in [1.165, 1.54) is 17.7 Å². The second-order valence-corrected chi connectivity index (χ2v) is 11.5. The predicted molar refractivity (Wildman–Crippen MR) is 199 cm³/mol. The van der Waals surface area contributed by atoms with Gasteiger partial charge in [0.15, 0.2) is 0 Å². The summed E-state index contributed by atoms with van der Waals surface area (Å²) in [5, 5.41) is 6.32. The second kappa shape index (κ2) is 14.1. The first-order valence-electron chi connectivity index (χ1n) is 16.1. The van der Waals surface area contributed by atoms with E-state index in [1.54, 1.807) is 37.2 Å². The molecular weight excluding hydrogens is 640 g/mol. The molecule has 0 aliphatic heterocycles. The van der Waals surface area contributed by atoms with E-state index < -0.39 is 0 Å². The number of benzene rings is 5. The van der Waals surface area contributed by atoms with Gasteiger partial charge in [-0.15, -0.1) is 0 Å². The normalized spacial score (nSPS) is 10.8. The number of hydrogen-bond donors (Lipinski definition) is 4. The van der Waals surface area contributed by atoms with E-state index in [0.717, 1.165) is 55.8 Å². The maximum atomic E-state index is 13.2. The summed E-state index contributed by atoms with van der Waals surface area (Å²) in [7, 11) is 0. The van der Waals surface area contributed by atoms with E-state index in [-0.39, 0.29) is 5.82 Å². The molecule has 0 saturated heterocycles. The molecule has 0 aliphatic rings. The summed E-state index contributed by atoms with van der Waals surface area (Å²) in [6, 6.07) is 40.4. The van der Waals surface area contributed by atoms with E-state index >= 15 is 0 Å². The summed E-state index contributed by atoms with van der Waals surface area (Å²) < 4.78 is 13.2. The number of H-pyrrole nitrogens is 2. The molecule has 0 bridgehead atoms. The highest BCUT2D eigenvalue weighted by Crippen LogP contribution is 2.26. The maximum absolute atomic E-state index is 13.2. The summed E-state index contributed by atoms with van der Waals surface area (Å²) in [5.74, 6) is 0.668. The van der Waals surface area contributed by atoms with Gasteiger partial charge in [0.25, 0.3) is 0 Å². The van der Waals surface area contributed by atoms with Crippen LogP contribution in [0.4, 0.5) is 27.7 Å². The zero-order valence-corrected chi connectivity index (χ0v) is 27.0. The van der Waals surface area contributed by atoms with Crippen LogP contribution in [0, 0.1) is 5.82 Å². The van der Waals surface area contributed by atoms with Crippen molar-refractivity contribution in [3.63, 3.8) is 0 Å². The summed E-state index contributed by atoms with van der Waals surface area (Å²) in [4.78, 5) is 32.4. The highest BCUT2D eigenvalue weighted by molar-refractivity contribution is 5.82. The van der Waals surface area contributed by atoms with Crippen molar-refractivity contribution >= 4 is 45.3 Å². The van der Waals surface area contributed by atoms with E-state index in [0.29, 0.717) is 17.6 Å². The smallest absolute Gasteiger partial charge is 0.227 e. The molecule has 0 spiro atoms. The Kier molecular flexibility index (Phi) is 8.56. The first-order valence-corrected chi connectivity index (χ1v) is 16.1. The van der Waals surface area contributed by atoms with Crippen LogP contribution in [0.3, 0.4) is 0 Å². The van der Waals surface area contributed by atoms with Gasteiger partial charge >= 0.3 is 0 Å². The summed E-state index contributed by atoms with van der Waals surface area (Å²) in [6.45, 7) is 0. The first-order chi connectivity index (χ1) is 25.1. The van der Waals surface area contributed by atoms with Gasteiger partial charge in [-0.25, -0.2) is 34.3 Å². The third-order valence-corrected chi connectivity index (χ3v) is 8.05. The summed E-state index contributed by atoms with van der Waals surface area (Å²) >= 11 is 0.